The number of nitrogens with zero attached hydrogens (tertiary/aromatic N) is 3. The quantitative estimate of drug-likeness (QED) is 0.909. The molecule has 0 aliphatic rings. The van der Waals surface area contributed by atoms with Crippen molar-refractivity contribution in [1.82, 2.24) is 20.3 Å². The highest BCUT2D eigenvalue weighted by atomic mass is 79.9. The smallest absolute Gasteiger partial charge is 0.407 e. The van der Waals surface area contributed by atoms with Gasteiger partial charge in [0, 0.05) is 7.05 Å². The van der Waals surface area contributed by atoms with E-state index in [1.807, 2.05) is 27.7 Å². The van der Waals surface area contributed by atoms with E-state index < -0.39 is 11.7 Å². The van der Waals surface area contributed by atoms with Gasteiger partial charge >= 0.3 is 6.09 Å². The third-order valence-corrected chi connectivity index (χ3v) is 2.38. The first-order valence-electron chi connectivity index (χ1n) is 5.86. The highest BCUT2D eigenvalue weighted by molar-refractivity contribution is 9.10. The Hall–Kier alpha value is -1.31. The van der Waals surface area contributed by atoms with Crippen LogP contribution in [0.4, 0.5) is 4.79 Å². The van der Waals surface area contributed by atoms with E-state index in [0.717, 1.165) is 0 Å². The molecule has 8 heteroatoms. The van der Waals surface area contributed by atoms with Gasteiger partial charge in [-0.05, 0) is 43.6 Å². The number of aryl methyl sites for hydroxylation is 1. The first-order valence-corrected chi connectivity index (χ1v) is 6.66. The van der Waals surface area contributed by atoms with Crippen LogP contribution in [0.3, 0.4) is 0 Å². The molecule has 0 bridgehead atoms. The predicted octanol–water partition coefficient (Wildman–Crippen LogP) is 1.87. The van der Waals surface area contributed by atoms with E-state index in [2.05, 4.69) is 31.4 Å². The minimum atomic E-state index is -0.515. The van der Waals surface area contributed by atoms with Crippen molar-refractivity contribution in [3.8, 4) is 5.88 Å². The lowest BCUT2D eigenvalue weighted by atomic mass is 10.2. The number of amides is 1. The number of hydrogen-bond acceptors (Lipinski definition) is 5. The lowest BCUT2D eigenvalue weighted by Crippen LogP contribution is -2.40. The van der Waals surface area contributed by atoms with Crippen LogP contribution in [0.1, 0.15) is 27.7 Å². The average molecular weight is 335 g/mol. The first-order chi connectivity index (χ1) is 8.67. The number of ether oxygens (including phenoxy) is 2. The molecule has 1 atom stereocenters. The van der Waals surface area contributed by atoms with E-state index in [1.165, 1.54) is 4.80 Å². The maximum atomic E-state index is 11.5. The van der Waals surface area contributed by atoms with Crippen LogP contribution >= 0.6 is 15.9 Å². The Kier molecular flexibility index (Phi) is 5.16. The fourth-order valence-corrected chi connectivity index (χ4v) is 1.63. The zero-order chi connectivity index (χ0) is 14.6. The summed E-state index contributed by atoms with van der Waals surface area (Å²) in [6.07, 6.45) is -0.471. The van der Waals surface area contributed by atoms with Gasteiger partial charge in [-0.3, -0.25) is 0 Å². The summed E-state index contributed by atoms with van der Waals surface area (Å²) in [5.74, 6) is 0.389. The third-order valence-electron chi connectivity index (χ3n) is 1.88. The first kappa shape index (κ1) is 15.7. The van der Waals surface area contributed by atoms with Crippen LogP contribution in [0.5, 0.6) is 5.88 Å². The van der Waals surface area contributed by atoms with E-state index in [1.54, 1.807) is 7.05 Å². The largest absolute Gasteiger partial charge is 0.472 e. The maximum absolute atomic E-state index is 11.5. The fourth-order valence-electron chi connectivity index (χ4n) is 1.21. The molecule has 0 fully saturated rings. The van der Waals surface area contributed by atoms with Gasteiger partial charge in [-0.25, -0.2) is 4.79 Å². The molecule has 0 aliphatic carbocycles. The second kappa shape index (κ2) is 6.23. The van der Waals surface area contributed by atoms with Gasteiger partial charge in [0.1, 0.15) is 12.2 Å². The van der Waals surface area contributed by atoms with Crippen LogP contribution in [0.2, 0.25) is 0 Å². The van der Waals surface area contributed by atoms with Crippen molar-refractivity contribution in [1.29, 1.82) is 0 Å². The lowest BCUT2D eigenvalue weighted by Gasteiger charge is -2.21. The van der Waals surface area contributed by atoms with Gasteiger partial charge in [-0.15, -0.1) is 10.2 Å². The molecule has 0 aromatic carbocycles. The molecular formula is C11H19BrN4O3. The van der Waals surface area contributed by atoms with E-state index >= 15 is 0 Å². The minimum Gasteiger partial charge on any atom is -0.472 e. The monoisotopic (exact) mass is 334 g/mol. The molecule has 0 aliphatic heterocycles. The predicted molar refractivity (Wildman–Crippen MR) is 73.0 cm³/mol. The van der Waals surface area contributed by atoms with Gasteiger partial charge in [0.25, 0.3) is 5.88 Å². The SMILES string of the molecule is C[C@H](COc1nn(C)nc1Br)NC(=O)OC(C)(C)C. The van der Waals surface area contributed by atoms with Gasteiger partial charge in [-0.2, -0.15) is 4.80 Å². The van der Waals surface area contributed by atoms with E-state index in [9.17, 15) is 4.79 Å². The average Bonchev–Trinajstić information content (AvgIpc) is 2.51. The van der Waals surface area contributed by atoms with Gasteiger partial charge in [-0.1, -0.05) is 0 Å². The molecule has 19 heavy (non-hydrogen) atoms. The van der Waals surface area contributed by atoms with Crippen LogP contribution in [-0.2, 0) is 11.8 Å². The molecule has 7 nitrogen and oxygen atoms in total. The normalized spacial score (nSPS) is 12.9. The number of carbonyl (C=O) groups excluding carboxylic acids is 1. The highest BCUT2D eigenvalue weighted by Gasteiger charge is 2.18. The summed E-state index contributed by atoms with van der Waals surface area (Å²) in [5, 5.41) is 10.7. The third kappa shape index (κ3) is 5.91. The highest BCUT2D eigenvalue weighted by Crippen LogP contribution is 2.18. The number of nitrogens with one attached hydrogen (secondary N) is 1. The summed E-state index contributed by atoms with van der Waals surface area (Å²) in [6, 6.07) is -0.205. The number of carbonyl (C=O) groups is 1. The van der Waals surface area contributed by atoms with Crippen molar-refractivity contribution in [2.45, 2.75) is 39.3 Å². The van der Waals surface area contributed by atoms with E-state index in [0.29, 0.717) is 10.5 Å². The summed E-state index contributed by atoms with van der Waals surface area (Å²) in [6.45, 7) is 7.52. The zero-order valence-corrected chi connectivity index (χ0v) is 13.3. The van der Waals surface area contributed by atoms with Gasteiger partial charge in [0.05, 0.1) is 6.04 Å². The number of hydrogen-bond donors (Lipinski definition) is 1. The molecule has 0 radical (unpaired) electrons. The Morgan fingerprint density at radius 2 is 2.11 bits per heavy atom. The zero-order valence-electron chi connectivity index (χ0n) is 11.7. The topological polar surface area (TPSA) is 78.3 Å². The Labute approximate surface area is 120 Å². The van der Waals surface area contributed by atoms with Crippen LogP contribution in [0.25, 0.3) is 0 Å². The Morgan fingerprint density at radius 1 is 1.47 bits per heavy atom. The van der Waals surface area contributed by atoms with Crippen molar-refractivity contribution >= 4 is 22.0 Å². The number of halogens is 1. The molecule has 1 amide bonds. The lowest BCUT2D eigenvalue weighted by molar-refractivity contribution is 0.0493. The summed E-state index contributed by atoms with van der Waals surface area (Å²) in [5.41, 5.74) is -0.515. The van der Waals surface area contributed by atoms with Gasteiger partial charge in [0.15, 0.2) is 4.60 Å². The summed E-state index contributed by atoms with van der Waals surface area (Å²) in [7, 11) is 1.69. The van der Waals surface area contributed by atoms with E-state index in [4.69, 9.17) is 9.47 Å². The summed E-state index contributed by atoms with van der Waals surface area (Å²) < 4.78 is 11.1. The van der Waals surface area contributed by atoms with Crippen LogP contribution in [0.15, 0.2) is 4.60 Å². The molecule has 0 saturated carbocycles. The molecule has 1 rings (SSSR count). The van der Waals surface area contributed by atoms with Gasteiger partial charge in [0.2, 0.25) is 0 Å². The molecular weight excluding hydrogens is 316 g/mol. The van der Waals surface area contributed by atoms with Crippen LogP contribution < -0.4 is 10.1 Å². The maximum Gasteiger partial charge on any atom is 0.407 e. The second-order valence-corrected chi connectivity index (χ2v) is 5.89. The van der Waals surface area contributed by atoms with Crippen LogP contribution in [0, 0.1) is 0 Å². The number of alkyl carbamates (subject to hydrolysis) is 1. The standard InChI is InChI=1S/C11H19BrN4O3/c1-7(13-10(17)19-11(2,3)4)6-18-9-8(12)14-16(5)15-9/h7H,6H2,1-5H3,(H,13,17)/t7-/m1/s1. The molecule has 108 valence electrons. The molecule has 1 heterocycles. The summed E-state index contributed by atoms with van der Waals surface area (Å²) in [4.78, 5) is 12.9. The van der Waals surface area contributed by atoms with E-state index in [-0.39, 0.29) is 12.6 Å². The molecule has 1 aromatic heterocycles. The van der Waals surface area contributed by atoms with Crippen molar-refractivity contribution in [3.63, 3.8) is 0 Å². The molecule has 1 aromatic rings. The fraction of sp³-hybridized carbons (Fsp3) is 0.727. The molecule has 0 saturated heterocycles. The van der Waals surface area contributed by atoms with Crippen molar-refractivity contribution in [2.75, 3.05) is 6.61 Å². The molecule has 0 unspecified atom stereocenters. The van der Waals surface area contributed by atoms with Crippen molar-refractivity contribution < 1.29 is 14.3 Å². The molecule has 0 spiro atoms. The Morgan fingerprint density at radius 3 is 2.58 bits per heavy atom. The summed E-state index contributed by atoms with van der Waals surface area (Å²) >= 11 is 3.23. The molecule has 1 N–H and O–H groups in total. The number of aromatic nitrogens is 3. The van der Waals surface area contributed by atoms with Crippen molar-refractivity contribution in [2.24, 2.45) is 7.05 Å². The second-order valence-electron chi connectivity index (χ2n) is 5.14. The minimum absolute atomic E-state index is 0.205. The number of rotatable bonds is 4. The Bertz CT molecular complexity index is 442. The van der Waals surface area contributed by atoms with Crippen molar-refractivity contribution in [3.05, 3.63) is 4.60 Å². The van der Waals surface area contributed by atoms with Crippen LogP contribution in [-0.4, -0.2) is 39.3 Å². The Balaban J connectivity index is 2.38. The van der Waals surface area contributed by atoms with Gasteiger partial charge < -0.3 is 14.8 Å².